The van der Waals surface area contributed by atoms with Gasteiger partial charge < -0.3 is 0 Å². The summed E-state index contributed by atoms with van der Waals surface area (Å²) in [7, 11) is 0. The number of aryl methyl sites for hydroxylation is 1. The fraction of sp³-hybridized carbons (Fsp3) is 0.182. The van der Waals surface area contributed by atoms with Crippen LogP contribution in [0.2, 0.25) is 0 Å². The second-order valence-electron chi connectivity index (χ2n) is 3.08. The first-order valence-electron chi connectivity index (χ1n) is 4.41. The van der Waals surface area contributed by atoms with Crippen molar-refractivity contribution in [2.24, 2.45) is 0 Å². The Balaban J connectivity index is 2.78. The van der Waals surface area contributed by atoms with Gasteiger partial charge in [-0.2, -0.15) is 0 Å². The van der Waals surface area contributed by atoms with Crippen LogP contribution in [0.4, 0.5) is 4.39 Å². The topological polar surface area (TPSA) is 17.1 Å². The summed E-state index contributed by atoms with van der Waals surface area (Å²) < 4.78 is 14.3. The molecule has 0 saturated carbocycles. The Labute approximate surface area is 85.2 Å². The fourth-order valence-electron chi connectivity index (χ4n) is 1.49. The number of carbonyl (C=O) groups excluding carboxylic acids is 1. The summed E-state index contributed by atoms with van der Waals surface area (Å²) in [5.41, 5.74) is 1.28. The van der Waals surface area contributed by atoms with Gasteiger partial charge in [-0.15, -0.1) is 11.3 Å². The molecule has 0 spiro atoms. The van der Waals surface area contributed by atoms with Crippen LogP contribution >= 0.6 is 11.3 Å². The van der Waals surface area contributed by atoms with Crippen molar-refractivity contribution in [3.63, 3.8) is 0 Å². The van der Waals surface area contributed by atoms with Crippen LogP contribution in [-0.2, 0) is 6.42 Å². The van der Waals surface area contributed by atoms with Crippen LogP contribution in [0, 0.1) is 5.82 Å². The highest BCUT2D eigenvalue weighted by molar-refractivity contribution is 7.17. The lowest BCUT2D eigenvalue weighted by Crippen LogP contribution is -1.87. The van der Waals surface area contributed by atoms with Gasteiger partial charge in [0.1, 0.15) is 5.82 Å². The van der Waals surface area contributed by atoms with Crippen LogP contribution in [0.5, 0.6) is 0 Å². The summed E-state index contributed by atoms with van der Waals surface area (Å²) in [5.74, 6) is -0.178. The molecule has 0 aliphatic carbocycles. The third-order valence-corrected chi connectivity index (χ3v) is 3.31. The van der Waals surface area contributed by atoms with Gasteiger partial charge in [-0.05, 0) is 12.0 Å². The largest absolute Gasteiger partial charge is 0.298 e. The second-order valence-corrected chi connectivity index (χ2v) is 3.96. The zero-order chi connectivity index (χ0) is 10.1. The maximum atomic E-state index is 13.7. The molecule has 1 nitrogen and oxygen atoms in total. The predicted octanol–water partition coefficient (Wildman–Crippen LogP) is 3.42. The van der Waals surface area contributed by atoms with Gasteiger partial charge in [0.05, 0.1) is 4.70 Å². The Hall–Kier alpha value is -1.22. The lowest BCUT2D eigenvalue weighted by molar-refractivity contribution is 0.112. The Bertz CT molecular complexity index is 487. The molecule has 14 heavy (non-hydrogen) atoms. The van der Waals surface area contributed by atoms with Crippen molar-refractivity contribution in [2.45, 2.75) is 13.3 Å². The number of rotatable bonds is 2. The van der Waals surface area contributed by atoms with Crippen LogP contribution in [0.25, 0.3) is 10.1 Å². The highest BCUT2D eigenvalue weighted by Gasteiger charge is 2.10. The Morgan fingerprint density at radius 3 is 2.93 bits per heavy atom. The average Bonchev–Trinajstić information content (AvgIpc) is 2.62. The van der Waals surface area contributed by atoms with E-state index in [9.17, 15) is 9.18 Å². The van der Waals surface area contributed by atoms with Crippen molar-refractivity contribution in [2.75, 3.05) is 0 Å². The van der Waals surface area contributed by atoms with Crippen LogP contribution in [0.15, 0.2) is 17.5 Å². The van der Waals surface area contributed by atoms with E-state index in [1.807, 2.05) is 13.0 Å². The van der Waals surface area contributed by atoms with E-state index in [4.69, 9.17) is 0 Å². The number of fused-ring (bicyclic) bond motifs is 1. The number of benzene rings is 1. The molecule has 0 fully saturated rings. The van der Waals surface area contributed by atoms with Gasteiger partial charge in [0, 0.05) is 16.3 Å². The van der Waals surface area contributed by atoms with E-state index in [1.165, 1.54) is 11.3 Å². The summed E-state index contributed by atoms with van der Waals surface area (Å²) in [5, 5.41) is 2.42. The van der Waals surface area contributed by atoms with Crippen LogP contribution in [-0.4, -0.2) is 6.29 Å². The van der Waals surface area contributed by atoms with E-state index in [0.29, 0.717) is 22.2 Å². The van der Waals surface area contributed by atoms with Crippen LogP contribution < -0.4 is 0 Å². The number of thiophene rings is 1. The average molecular weight is 208 g/mol. The molecule has 0 unspecified atom stereocenters. The van der Waals surface area contributed by atoms with E-state index in [-0.39, 0.29) is 5.82 Å². The molecule has 0 radical (unpaired) electrons. The van der Waals surface area contributed by atoms with Crippen LogP contribution in [0.3, 0.4) is 0 Å². The summed E-state index contributed by atoms with van der Waals surface area (Å²) in [6.07, 6.45) is 1.44. The van der Waals surface area contributed by atoms with Gasteiger partial charge in [0.25, 0.3) is 0 Å². The van der Waals surface area contributed by atoms with Gasteiger partial charge in [-0.3, -0.25) is 4.79 Å². The zero-order valence-corrected chi connectivity index (χ0v) is 8.53. The molecule has 1 heterocycles. The molecule has 0 atom stereocenters. The lowest BCUT2D eigenvalue weighted by atomic mass is 10.1. The minimum atomic E-state index is -0.178. The van der Waals surface area contributed by atoms with Gasteiger partial charge in [-0.1, -0.05) is 19.1 Å². The second kappa shape index (κ2) is 3.50. The van der Waals surface area contributed by atoms with Crippen molar-refractivity contribution >= 4 is 27.7 Å². The molecule has 72 valence electrons. The van der Waals surface area contributed by atoms with Crippen molar-refractivity contribution in [3.05, 3.63) is 34.5 Å². The summed E-state index contributed by atoms with van der Waals surface area (Å²) in [6.45, 7) is 1.92. The lowest BCUT2D eigenvalue weighted by Gasteiger charge is -1.99. The standard InChI is InChI=1S/C11H9FOS/c1-2-7-3-4-9-8(5-13)6-14-11(9)10(7)12/h3-6H,2H2,1H3. The third-order valence-electron chi connectivity index (χ3n) is 2.30. The number of hydrogen-bond donors (Lipinski definition) is 0. The molecule has 1 aromatic carbocycles. The number of halogens is 1. The predicted molar refractivity (Wildman–Crippen MR) is 56.5 cm³/mol. The molecule has 0 aliphatic rings. The summed E-state index contributed by atoms with van der Waals surface area (Å²) in [4.78, 5) is 10.6. The van der Waals surface area contributed by atoms with Crippen molar-refractivity contribution < 1.29 is 9.18 Å². The number of hydrogen-bond acceptors (Lipinski definition) is 2. The number of carbonyl (C=O) groups is 1. The minimum Gasteiger partial charge on any atom is -0.298 e. The molecular formula is C11H9FOS. The Morgan fingerprint density at radius 2 is 2.29 bits per heavy atom. The monoisotopic (exact) mass is 208 g/mol. The molecule has 0 N–H and O–H groups in total. The van der Waals surface area contributed by atoms with Crippen molar-refractivity contribution in [3.8, 4) is 0 Å². The molecule has 2 rings (SSSR count). The Morgan fingerprint density at radius 1 is 1.50 bits per heavy atom. The van der Waals surface area contributed by atoms with Gasteiger partial charge in [0.2, 0.25) is 0 Å². The molecular weight excluding hydrogens is 199 g/mol. The summed E-state index contributed by atoms with van der Waals surface area (Å²) in [6, 6.07) is 3.56. The van der Waals surface area contributed by atoms with Gasteiger partial charge in [0.15, 0.2) is 6.29 Å². The molecule has 0 amide bonds. The summed E-state index contributed by atoms with van der Waals surface area (Å²) >= 11 is 1.29. The minimum absolute atomic E-state index is 0.178. The fourth-order valence-corrected chi connectivity index (χ4v) is 2.46. The Kier molecular flexibility index (Phi) is 2.33. The maximum absolute atomic E-state index is 13.7. The van der Waals surface area contributed by atoms with E-state index in [1.54, 1.807) is 11.4 Å². The molecule has 1 aromatic heterocycles. The smallest absolute Gasteiger partial charge is 0.151 e. The quantitative estimate of drug-likeness (QED) is 0.691. The first kappa shape index (κ1) is 9.34. The number of aldehydes is 1. The van der Waals surface area contributed by atoms with E-state index < -0.39 is 0 Å². The van der Waals surface area contributed by atoms with E-state index in [0.717, 1.165) is 11.7 Å². The molecule has 0 bridgehead atoms. The zero-order valence-electron chi connectivity index (χ0n) is 7.71. The maximum Gasteiger partial charge on any atom is 0.151 e. The normalized spacial score (nSPS) is 10.7. The SMILES string of the molecule is CCc1ccc2c(C=O)csc2c1F. The molecule has 0 saturated heterocycles. The van der Waals surface area contributed by atoms with E-state index >= 15 is 0 Å². The van der Waals surface area contributed by atoms with Crippen LogP contribution in [0.1, 0.15) is 22.8 Å². The van der Waals surface area contributed by atoms with Crippen molar-refractivity contribution in [1.29, 1.82) is 0 Å². The molecule has 0 aliphatic heterocycles. The first-order chi connectivity index (χ1) is 6.77. The molecule has 2 aromatic rings. The van der Waals surface area contributed by atoms with Gasteiger partial charge in [-0.25, -0.2) is 4.39 Å². The first-order valence-corrected chi connectivity index (χ1v) is 5.29. The third kappa shape index (κ3) is 1.24. The molecule has 3 heteroatoms. The highest BCUT2D eigenvalue weighted by atomic mass is 32.1. The van der Waals surface area contributed by atoms with E-state index in [2.05, 4.69) is 0 Å². The van der Waals surface area contributed by atoms with Gasteiger partial charge >= 0.3 is 0 Å². The highest BCUT2D eigenvalue weighted by Crippen LogP contribution is 2.29. The van der Waals surface area contributed by atoms with Crippen molar-refractivity contribution in [1.82, 2.24) is 0 Å².